The van der Waals surface area contributed by atoms with Crippen LogP contribution in [0.2, 0.25) is 0 Å². The minimum Gasteiger partial charge on any atom is -0.507 e. The van der Waals surface area contributed by atoms with Gasteiger partial charge in [0.25, 0.3) is 0 Å². The highest BCUT2D eigenvalue weighted by Gasteiger charge is 2.15. The van der Waals surface area contributed by atoms with E-state index in [2.05, 4.69) is 16.7 Å². The fourth-order valence-corrected chi connectivity index (χ4v) is 3.36. The molecule has 0 aliphatic rings. The third-order valence-corrected chi connectivity index (χ3v) is 4.87. The van der Waals surface area contributed by atoms with Crippen LogP contribution in [0.3, 0.4) is 0 Å². The van der Waals surface area contributed by atoms with E-state index in [1.165, 1.54) is 12.1 Å². The predicted molar refractivity (Wildman–Crippen MR) is 120 cm³/mol. The van der Waals surface area contributed by atoms with E-state index in [9.17, 15) is 19.6 Å². The Morgan fingerprint density at radius 3 is 2.52 bits per heavy atom. The summed E-state index contributed by atoms with van der Waals surface area (Å²) in [6.45, 7) is -0.00754. The van der Waals surface area contributed by atoms with Crippen LogP contribution in [0.4, 0.5) is 10.1 Å². The van der Waals surface area contributed by atoms with Crippen LogP contribution in [0, 0.1) is 17.1 Å². The maximum Gasteiger partial charge on any atom is 0.139 e. The Morgan fingerprint density at radius 1 is 1.13 bits per heavy atom. The van der Waals surface area contributed by atoms with Crippen molar-refractivity contribution >= 4 is 17.7 Å². The Bertz CT molecular complexity index is 1150. The molecule has 0 amide bonds. The molecule has 0 spiro atoms. The third kappa shape index (κ3) is 5.09. The fourth-order valence-electron chi connectivity index (χ4n) is 3.36. The Hall–Kier alpha value is -4.11. The van der Waals surface area contributed by atoms with Crippen molar-refractivity contribution in [1.29, 1.82) is 5.26 Å². The quantitative estimate of drug-likeness (QED) is 0.372. The van der Waals surface area contributed by atoms with Crippen molar-refractivity contribution in [2.75, 3.05) is 18.9 Å². The molecular weight excluding hydrogens is 393 g/mol. The minimum atomic E-state index is -0.441. The first-order valence-corrected chi connectivity index (χ1v) is 9.73. The Balaban J connectivity index is 1.99. The molecule has 0 atom stereocenters. The average Bonchev–Trinajstić information content (AvgIpc) is 2.79. The molecule has 156 valence electrons. The first kappa shape index (κ1) is 21.6. The fraction of sp³-hybridized carbons (Fsp3) is 0.120. The monoisotopic (exact) mass is 415 g/mol. The SMILES string of the molecule is CNc1ccc(F)cc1/C(NCC=O)=C(/C#N)Cc1ccc(-c2ccccc2O)cc1. The molecule has 0 saturated heterocycles. The van der Waals surface area contributed by atoms with E-state index < -0.39 is 5.82 Å². The van der Waals surface area contributed by atoms with Crippen molar-refractivity contribution in [2.24, 2.45) is 0 Å². The van der Waals surface area contributed by atoms with Gasteiger partial charge in [-0.25, -0.2) is 4.39 Å². The van der Waals surface area contributed by atoms with E-state index in [-0.39, 0.29) is 12.3 Å². The smallest absolute Gasteiger partial charge is 0.139 e. The van der Waals surface area contributed by atoms with Gasteiger partial charge in [-0.15, -0.1) is 0 Å². The summed E-state index contributed by atoms with van der Waals surface area (Å²) >= 11 is 0. The lowest BCUT2D eigenvalue weighted by atomic mass is 9.97. The number of para-hydroxylation sites is 1. The standard InChI is InChI=1S/C25H22FN3O2/c1-28-23-11-10-20(26)15-22(23)25(29-12-13-30)19(16-27)14-17-6-8-18(9-7-17)21-4-2-3-5-24(21)31/h2-11,13,15,28-29,31H,12,14H2,1H3/b25-19-. The molecule has 0 bridgehead atoms. The van der Waals surface area contributed by atoms with Gasteiger partial charge < -0.3 is 20.5 Å². The van der Waals surface area contributed by atoms with Crippen LogP contribution >= 0.6 is 0 Å². The zero-order chi connectivity index (χ0) is 22.2. The molecule has 5 nitrogen and oxygen atoms in total. The summed E-state index contributed by atoms with van der Waals surface area (Å²) in [6, 6.07) is 21.0. The maximum absolute atomic E-state index is 13.9. The van der Waals surface area contributed by atoms with Crippen LogP contribution < -0.4 is 10.6 Å². The number of aldehydes is 1. The van der Waals surface area contributed by atoms with Crippen molar-refractivity contribution < 1.29 is 14.3 Å². The van der Waals surface area contributed by atoms with Crippen LogP contribution in [0.15, 0.2) is 72.3 Å². The van der Waals surface area contributed by atoms with Crippen LogP contribution in [0.1, 0.15) is 11.1 Å². The van der Waals surface area contributed by atoms with E-state index >= 15 is 0 Å². The van der Waals surface area contributed by atoms with Crippen molar-refractivity contribution in [3.8, 4) is 22.9 Å². The van der Waals surface area contributed by atoms with E-state index in [0.29, 0.717) is 35.2 Å². The lowest BCUT2D eigenvalue weighted by Crippen LogP contribution is -2.18. The lowest BCUT2D eigenvalue weighted by molar-refractivity contribution is -0.107. The van der Waals surface area contributed by atoms with Gasteiger partial charge in [0, 0.05) is 30.3 Å². The minimum absolute atomic E-state index is 0.00754. The number of nitrogens with one attached hydrogen (secondary N) is 2. The number of hydrogen-bond acceptors (Lipinski definition) is 5. The number of phenols is 1. The maximum atomic E-state index is 13.9. The lowest BCUT2D eigenvalue weighted by Gasteiger charge is -2.16. The van der Waals surface area contributed by atoms with E-state index in [0.717, 1.165) is 16.7 Å². The number of nitriles is 1. The highest BCUT2D eigenvalue weighted by molar-refractivity contribution is 5.80. The molecule has 3 aromatic rings. The molecule has 3 aromatic carbocycles. The molecule has 0 heterocycles. The number of allylic oxidation sites excluding steroid dienone is 1. The first-order chi connectivity index (χ1) is 15.1. The van der Waals surface area contributed by atoms with E-state index in [1.54, 1.807) is 25.2 Å². The highest BCUT2D eigenvalue weighted by atomic mass is 19.1. The third-order valence-electron chi connectivity index (χ3n) is 4.87. The van der Waals surface area contributed by atoms with Crippen molar-refractivity contribution in [2.45, 2.75) is 6.42 Å². The Kier molecular flexibility index (Phi) is 7.02. The number of hydrogen-bond donors (Lipinski definition) is 3. The van der Waals surface area contributed by atoms with Gasteiger partial charge in [0.05, 0.1) is 23.9 Å². The van der Waals surface area contributed by atoms with Gasteiger partial charge in [-0.05, 0) is 35.4 Å². The number of aromatic hydroxyl groups is 1. The summed E-state index contributed by atoms with van der Waals surface area (Å²) in [4.78, 5) is 11.0. The number of rotatable bonds is 8. The second kappa shape index (κ2) is 10.1. The van der Waals surface area contributed by atoms with Gasteiger partial charge in [-0.3, -0.25) is 0 Å². The molecule has 0 aliphatic carbocycles. The van der Waals surface area contributed by atoms with Crippen molar-refractivity contribution in [3.63, 3.8) is 0 Å². The van der Waals surface area contributed by atoms with Gasteiger partial charge in [-0.1, -0.05) is 42.5 Å². The number of benzene rings is 3. The molecule has 0 aromatic heterocycles. The molecule has 3 N–H and O–H groups in total. The van der Waals surface area contributed by atoms with E-state index in [1.807, 2.05) is 36.4 Å². The predicted octanol–water partition coefficient (Wildman–Crippen LogP) is 4.51. The molecule has 0 radical (unpaired) electrons. The van der Waals surface area contributed by atoms with Gasteiger partial charge in [0.15, 0.2) is 0 Å². The van der Waals surface area contributed by atoms with Crippen molar-refractivity contribution in [1.82, 2.24) is 5.32 Å². The molecule has 0 saturated carbocycles. The summed E-state index contributed by atoms with van der Waals surface area (Å²) in [7, 11) is 1.71. The summed E-state index contributed by atoms with van der Waals surface area (Å²) in [6.07, 6.45) is 0.979. The van der Waals surface area contributed by atoms with Crippen LogP contribution in [-0.2, 0) is 11.2 Å². The summed E-state index contributed by atoms with van der Waals surface area (Å²) < 4.78 is 13.9. The zero-order valence-electron chi connectivity index (χ0n) is 17.0. The number of anilines is 1. The molecule has 0 aliphatic heterocycles. The second-order valence-corrected chi connectivity index (χ2v) is 6.84. The number of carbonyl (C=O) groups is 1. The summed E-state index contributed by atoms with van der Waals surface area (Å²) in [5, 5.41) is 25.8. The second-order valence-electron chi connectivity index (χ2n) is 6.84. The van der Waals surface area contributed by atoms with Crippen molar-refractivity contribution in [3.05, 3.63) is 89.2 Å². The van der Waals surface area contributed by atoms with Gasteiger partial charge >= 0.3 is 0 Å². The number of phenolic OH excluding ortho intramolecular Hbond substituents is 1. The molecule has 6 heteroatoms. The van der Waals surface area contributed by atoms with Gasteiger partial charge in [0.1, 0.15) is 17.9 Å². The molecule has 0 unspecified atom stereocenters. The van der Waals surface area contributed by atoms with Crippen LogP contribution in [0.5, 0.6) is 5.75 Å². The number of carbonyl (C=O) groups excluding carboxylic acids is 1. The first-order valence-electron chi connectivity index (χ1n) is 9.73. The molecule has 0 fully saturated rings. The number of nitrogens with zero attached hydrogens (tertiary/aromatic N) is 1. The largest absolute Gasteiger partial charge is 0.507 e. The van der Waals surface area contributed by atoms with Crippen LogP contribution in [-0.4, -0.2) is 25.0 Å². The van der Waals surface area contributed by atoms with Gasteiger partial charge in [-0.2, -0.15) is 5.26 Å². The Morgan fingerprint density at radius 2 is 1.87 bits per heavy atom. The molecule has 3 rings (SSSR count). The zero-order valence-corrected chi connectivity index (χ0v) is 17.0. The summed E-state index contributed by atoms with van der Waals surface area (Å²) in [5.41, 5.74) is 4.33. The average molecular weight is 415 g/mol. The topological polar surface area (TPSA) is 85.1 Å². The normalized spacial score (nSPS) is 11.3. The number of halogens is 1. The molecular formula is C25H22FN3O2. The summed E-state index contributed by atoms with van der Waals surface area (Å²) in [5.74, 6) is -0.248. The Labute approximate surface area is 180 Å². The van der Waals surface area contributed by atoms with Gasteiger partial charge in [0.2, 0.25) is 0 Å². The van der Waals surface area contributed by atoms with Crippen LogP contribution in [0.25, 0.3) is 16.8 Å². The molecule has 31 heavy (non-hydrogen) atoms. The van der Waals surface area contributed by atoms with E-state index in [4.69, 9.17) is 0 Å². The highest BCUT2D eigenvalue weighted by Crippen LogP contribution is 2.30.